The van der Waals surface area contributed by atoms with Crippen LogP contribution in [-0.4, -0.2) is 23.2 Å². The Morgan fingerprint density at radius 2 is 2.19 bits per heavy atom. The first kappa shape index (κ1) is 9.78. The van der Waals surface area contributed by atoms with E-state index in [0.29, 0.717) is 0 Å². The summed E-state index contributed by atoms with van der Waals surface area (Å²) in [7, 11) is 0. The van der Waals surface area contributed by atoms with E-state index in [1.54, 1.807) is 11.8 Å². The average Bonchev–Trinajstić information content (AvgIpc) is 2.74. The van der Waals surface area contributed by atoms with Crippen LogP contribution < -0.4 is 5.32 Å². The number of aromatic amines is 1. The minimum atomic E-state index is 0.942. The number of para-hydroxylation sites is 1. The number of aromatic nitrogens is 1. The largest absolute Gasteiger partial charge is 0.365 e. The van der Waals surface area contributed by atoms with Crippen LogP contribution in [0.2, 0.25) is 0 Å². The van der Waals surface area contributed by atoms with Crippen LogP contribution in [0.5, 0.6) is 0 Å². The number of aliphatic imine (C=N–C) groups is 1. The van der Waals surface area contributed by atoms with Crippen molar-refractivity contribution in [1.29, 1.82) is 0 Å². The maximum atomic E-state index is 4.47. The summed E-state index contributed by atoms with van der Waals surface area (Å²) >= 11 is 1.71. The summed E-state index contributed by atoms with van der Waals surface area (Å²) in [5.74, 6) is 0. The van der Waals surface area contributed by atoms with Gasteiger partial charge in [-0.15, -0.1) is 0 Å². The average molecular weight is 231 g/mol. The minimum Gasteiger partial charge on any atom is -0.365 e. The van der Waals surface area contributed by atoms with Crippen molar-refractivity contribution in [3.05, 3.63) is 30.5 Å². The van der Waals surface area contributed by atoms with Crippen LogP contribution in [0.3, 0.4) is 0 Å². The second-order valence-electron chi connectivity index (χ2n) is 3.77. The molecule has 0 fully saturated rings. The third-order valence-electron chi connectivity index (χ3n) is 2.62. The Morgan fingerprint density at radius 3 is 3.06 bits per heavy atom. The quantitative estimate of drug-likeness (QED) is 0.792. The van der Waals surface area contributed by atoms with E-state index in [0.717, 1.165) is 24.7 Å². The van der Waals surface area contributed by atoms with Gasteiger partial charge in [-0.25, -0.2) is 0 Å². The van der Waals surface area contributed by atoms with Crippen LogP contribution in [-0.2, 0) is 0 Å². The summed E-state index contributed by atoms with van der Waals surface area (Å²) in [5, 5.41) is 5.63. The molecule has 1 aromatic carbocycles. The van der Waals surface area contributed by atoms with Gasteiger partial charge in [-0.3, -0.25) is 4.99 Å². The van der Waals surface area contributed by atoms with Gasteiger partial charge < -0.3 is 10.3 Å². The van der Waals surface area contributed by atoms with Crippen molar-refractivity contribution in [2.75, 3.05) is 13.1 Å². The summed E-state index contributed by atoms with van der Waals surface area (Å²) < 4.78 is 0. The van der Waals surface area contributed by atoms with Gasteiger partial charge in [0.05, 0.1) is 0 Å². The molecule has 0 atom stereocenters. The molecule has 2 aromatic rings. The number of fused-ring (bicyclic) bond motifs is 1. The summed E-state index contributed by atoms with van der Waals surface area (Å²) in [4.78, 5) is 8.98. The highest BCUT2D eigenvalue weighted by molar-refractivity contribution is 8.14. The third-order valence-corrected chi connectivity index (χ3v) is 3.65. The smallest absolute Gasteiger partial charge is 0.161 e. The maximum Gasteiger partial charge on any atom is 0.161 e. The summed E-state index contributed by atoms with van der Waals surface area (Å²) in [6, 6.07) is 8.34. The van der Waals surface area contributed by atoms with E-state index in [4.69, 9.17) is 0 Å². The fourth-order valence-electron chi connectivity index (χ4n) is 1.81. The van der Waals surface area contributed by atoms with Gasteiger partial charge in [0, 0.05) is 35.1 Å². The highest BCUT2D eigenvalue weighted by Crippen LogP contribution is 2.28. The van der Waals surface area contributed by atoms with E-state index in [1.807, 2.05) is 12.3 Å². The van der Waals surface area contributed by atoms with Crippen molar-refractivity contribution < 1.29 is 0 Å². The predicted octanol–water partition coefficient (Wildman–Crippen LogP) is 2.61. The minimum absolute atomic E-state index is 0.942. The lowest BCUT2D eigenvalue weighted by molar-refractivity contribution is 0.751. The topological polar surface area (TPSA) is 40.2 Å². The van der Waals surface area contributed by atoms with Crippen LogP contribution in [0.1, 0.15) is 6.42 Å². The monoisotopic (exact) mass is 231 g/mol. The molecule has 2 heterocycles. The lowest BCUT2D eigenvalue weighted by Gasteiger charge is -2.12. The van der Waals surface area contributed by atoms with Gasteiger partial charge in [0.15, 0.2) is 5.17 Å². The molecule has 0 saturated heterocycles. The van der Waals surface area contributed by atoms with E-state index in [1.165, 1.54) is 15.8 Å². The van der Waals surface area contributed by atoms with E-state index < -0.39 is 0 Å². The van der Waals surface area contributed by atoms with Crippen LogP contribution in [0.25, 0.3) is 10.9 Å². The van der Waals surface area contributed by atoms with Gasteiger partial charge >= 0.3 is 0 Å². The maximum absolute atomic E-state index is 4.47. The molecule has 82 valence electrons. The molecule has 1 aliphatic rings. The molecule has 3 rings (SSSR count). The molecular weight excluding hydrogens is 218 g/mol. The first-order chi connectivity index (χ1) is 7.93. The number of H-pyrrole nitrogens is 1. The number of hydrogen-bond donors (Lipinski definition) is 2. The number of amidine groups is 1. The molecule has 0 aliphatic carbocycles. The van der Waals surface area contributed by atoms with Gasteiger partial charge in [-0.2, -0.15) is 0 Å². The van der Waals surface area contributed by atoms with Crippen molar-refractivity contribution in [2.45, 2.75) is 11.3 Å². The molecule has 4 heteroatoms. The Kier molecular flexibility index (Phi) is 2.58. The zero-order valence-corrected chi connectivity index (χ0v) is 9.68. The molecule has 2 N–H and O–H groups in total. The standard InChI is InChI=1S/C12H13N3S/c1-2-5-10-9(4-1)11(8-15-10)16-12-13-6-3-7-14-12/h1-2,4-5,8,15H,3,6-7H2,(H,13,14). The predicted molar refractivity (Wildman–Crippen MR) is 69.1 cm³/mol. The van der Waals surface area contributed by atoms with E-state index >= 15 is 0 Å². The Morgan fingerprint density at radius 1 is 1.25 bits per heavy atom. The van der Waals surface area contributed by atoms with Gasteiger partial charge in [0.25, 0.3) is 0 Å². The summed E-state index contributed by atoms with van der Waals surface area (Å²) in [6.07, 6.45) is 3.19. The van der Waals surface area contributed by atoms with Crippen LogP contribution >= 0.6 is 11.8 Å². The molecule has 16 heavy (non-hydrogen) atoms. The third kappa shape index (κ3) is 1.80. The molecule has 1 aromatic heterocycles. The fraction of sp³-hybridized carbons (Fsp3) is 0.250. The lowest BCUT2D eigenvalue weighted by atomic mass is 10.2. The second kappa shape index (κ2) is 4.22. The molecular formula is C12H13N3S. The number of nitrogens with one attached hydrogen (secondary N) is 2. The Labute approximate surface area is 98.3 Å². The molecule has 0 bridgehead atoms. The number of thioether (sulfide) groups is 1. The van der Waals surface area contributed by atoms with Gasteiger partial charge in [0.2, 0.25) is 0 Å². The van der Waals surface area contributed by atoms with E-state index in [2.05, 4.69) is 33.5 Å². The van der Waals surface area contributed by atoms with Crippen molar-refractivity contribution in [3.8, 4) is 0 Å². The Hall–Kier alpha value is -1.42. The zero-order valence-electron chi connectivity index (χ0n) is 8.86. The second-order valence-corrected chi connectivity index (χ2v) is 4.80. The molecule has 0 amide bonds. The van der Waals surface area contributed by atoms with Crippen LogP contribution in [0, 0.1) is 0 Å². The Balaban J connectivity index is 1.91. The van der Waals surface area contributed by atoms with Crippen molar-refractivity contribution in [3.63, 3.8) is 0 Å². The summed E-state index contributed by atoms with van der Waals surface area (Å²) in [5.41, 5.74) is 1.18. The van der Waals surface area contributed by atoms with Crippen molar-refractivity contribution >= 4 is 27.8 Å². The Bertz CT molecular complexity index is 530. The molecule has 0 spiro atoms. The lowest BCUT2D eigenvalue weighted by Crippen LogP contribution is -2.26. The molecule has 1 aliphatic heterocycles. The van der Waals surface area contributed by atoms with E-state index in [-0.39, 0.29) is 0 Å². The fourth-order valence-corrected chi connectivity index (χ4v) is 2.76. The first-order valence-corrected chi connectivity index (χ1v) is 6.27. The van der Waals surface area contributed by atoms with Gasteiger partial charge in [-0.05, 0) is 12.5 Å². The van der Waals surface area contributed by atoms with Crippen molar-refractivity contribution in [1.82, 2.24) is 10.3 Å². The van der Waals surface area contributed by atoms with Crippen LogP contribution in [0.15, 0.2) is 40.4 Å². The number of hydrogen-bond acceptors (Lipinski definition) is 3. The normalized spacial score (nSPS) is 15.9. The number of nitrogens with zero attached hydrogens (tertiary/aromatic N) is 1. The number of benzene rings is 1. The van der Waals surface area contributed by atoms with Crippen LogP contribution in [0.4, 0.5) is 0 Å². The molecule has 0 saturated carbocycles. The SMILES string of the molecule is c1ccc2c(SC3=NCCCN3)c[nH]c2c1. The molecule has 3 nitrogen and oxygen atoms in total. The van der Waals surface area contributed by atoms with E-state index in [9.17, 15) is 0 Å². The number of rotatable bonds is 1. The van der Waals surface area contributed by atoms with Gasteiger partial charge in [-0.1, -0.05) is 30.0 Å². The molecule has 0 unspecified atom stereocenters. The van der Waals surface area contributed by atoms with Gasteiger partial charge in [0.1, 0.15) is 0 Å². The highest BCUT2D eigenvalue weighted by atomic mass is 32.2. The summed E-state index contributed by atoms with van der Waals surface area (Å²) in [6.45, 7) is 1.98. The zero-order chi connectivity index (χ0) is 10.8. The first-order valence-electron chi connectivity index (χ1n) is 5.46. The van der Waals surface area contributed by atoms with Crippen molar-refractivity contribution in [2.24, 2.45) is 4.99 Å². The molecule has 0 radical (unpaired) electrons. The highest BCUT2D eigenvalue weighted by Gasteiger charge is 2.09.